The molecule has 2 saturated heterocycles. The van der Waals surface area contributed by atoms with Gasteiger partial charge in [-0.3, -0.25) is 67.3 Å². The Balaban J connectivity index is 1.56. The summed E-state index contributed by atoms with van der Waals surface area (Å²) in [6, 6.07) is 4.51. The minimum Gasteiger partial charge on any atom is -0.370 e. The number of guanidine groups is 1. The molecule has 0 bridgehead atoms. The second kappa shape index (κ2) is 41.0. The van der Waals surface area contributed by atoms with Crippen LogP contribution in [0.4, 0.5) is 0 Å². The van der Waals surface area contributed by atoms with Crippen molar-refractivity contribution in [2.75, 3.05) is 44.7 Å². The first-order chi connectivity index (χ1) is 45.2. The van der Waals surface area contributed by atoms with Crippen LogP contribution in [-0.4, -0.2) is 198 Å². The summed E-state index contributed by atoms with van der Waals surface area (Å²) in [5.74, 6) is -9.80. The van der Waals surface area contributed by atoms with E-state index in [0.717, 1.165) is 0 Å². The maximum Gasteiger partial charge on any atom is 0.245 e. The Hall–Kier alpha value is -8.91. The van der Waals surface area contributed by atoms with Gasteiger partial charge in [0.25, 0.3) is 0 Å². The molecule has 524 valence electrons. The minimum atomic E-state index is -1.64. The number of likely N-dealkylation sites (tertiary alicyclic amines) is 2. The molecule has 0 radical (unpaired) electrons. The molecule has 31 nitrogen and oxygen atoms in total. The Labute approximate surface area is 558 Å². The largest absolute Gasteiger partial charge is 0.370 e. The fourth-order valence-electron chi connectivity index (χ4n) is 11.0. The number of nitrogens with two attached hydrogens (primary N) is 7. The molecule has 0 unspecified atom stereocenters. The van der Waals surface area contributed by atoms with Gasteiger partial charge in [-0.1, -0.05) is 74.5 Å². The quantitative estimate of drug-likeness (QED) is 0.0173. The molecule has 10 atom stereocenters. The molecule has 2 aromatic rings. The van der Waals surface area contributed by atoms with Gasteiger partial charge < -0.3 is 92.5 Å². The van der Waals surface area contributed by atoms with Crippen molar-refractivity contribution in [3.63, 3.8) is 0 Å². The molecule has 95 heavy (non-hydrogen) atoms. The van der Waals surface area contributed by atoms with Crippen molar-refractivity contribution in [3.05, 3.63) is 71.8 Å². The Bertz CT molecular complexity index is 2960. The van der Waals surface area contributed by atoms with E-state index in [1.807, 2.05) is 20.1 Å². The first-order valence-electron chi connectivity index (χ1n) is 32.2. The molecule has 4 rings (SSSR count). The number of unbranched alkanes of at least 4 members (excludes halogenated alkanes) is 1. The van der Waals surface area contributed by atoms with E-state index in [1.54, 1.807) is 60.7 Å². The number of hydrogen-bond acceptors (Lipinski definition) is 17. The van der Waals surface area contributed by atoms with E-state index < -0.39 is 169 Å². The van der Waals surface area contributed by atoms with Gasteiger partial charge in [-0.2, -0.15) is 11.8 Å². The van der Waals surface area contributed by atoms with Gasteiger partial charge in [0.1, 0.15) is 54.4 Å². The van der Waals surface area contributed by atoms with E-state index >= 15 is 0 Å². The van der Waals surface area contributed by atoms with E-state index in [1.165, 1.54) is 21.6 Å². The molecule has 32 heteroatoms. The summed E-state index contributed by atoms with van der Waals surface area (Å²) < 4.78 is 0. The van der Waals surface area contributed by atoms with Crippen LogP contribution in [0.25, 0.3) is 0 Å². The second-order valence-electron chi connectivity index (χ2n) is 24.1. The molecule has 22 N–H and O–H groups in total. The minimum absolute atomic E-state index is 0.0736. The Morgan fingerprint density at radius 2 is 1.01 bits per heavy atom. The normalized spacial score (nSPS) is 16.8. The van der Waals surface area contributed by atoms with Gasteiger partial charge >= 0.3 is 0 Å². The van der Waals surface area contributed by atoms with Crippen molar-refractivity contribution >= 4 is 94.5 Å². The summed E-state index contributed by atoms with van der Waals surface area (Å²) >= 11 is 1.45. The molecule has 2 aliphatic rings. The van der Waals surface area contributed by atoms with Crippen LogP contribution in [0.3, 0.4) is 0 Å². The fourth-order valence-corrected chi connectivity index (χ4v) is 11.5. The number of carbonyl (C=O) groups is 13. The van der Waals surface area contributed by atoms with Crippen LogP contribution >= 0.6 is 11.8 Å². The van der Waals surface area contributed by atoms with Crippen molar-refractivity contribution in [1.82, 2.24) is 52.3 Å². The van der Waals surface area contributed by atoms with Crippen LogP contribution in [0.15, 0.2) is 65.7 Å². The smallest absolute Gasteiger partial charge is 0.245 e. The molecule has 2 fully saturated rings. The SMILES string of the molecule is CSCC[C@H](NC(=O)[C@H](CC(C)C)NC(=O)CNC(=O)[C@H](Cc1ccccc1)NC(=O)[C@H](Cc1ccccc1)NC(=O)[C@H](CCC(N)=O)NC(=O)[C@@H](CCC(N)=O)NC(=O)[C@@H]1CCCN1C(=O)[C@@H](CCCCN)NC(=O)[C@H]1CCCN1C(=O)[C@H](N)CCCN=C(N)N)C(N)=O. The highest BCUT2D eigenvalue weighted by molar-refractivity contribution is 7.98. The Morgan fingerprint density at radius 1 is 0.537 bits per heavy atom. The van der Waals surface area contributed by atoms with Crippen molar-refractivity contribution < 1.29 is 62.3 Å². The van der Waals surface area contributed by atoms with Crippen molar-refractivity contribution in [1.29, 1.82) is 0 Å². The zero-order valence-electron chi connectivity index (χ0n) is 54.5. The highest BCUT2D eigenvalue weighted by Gasteiger charge is 2.42. The average molecular weight is 1350 g/mol. The summed E-state index contributed by atoms with van der Waals surface area (Å²) in [4.78, 5) is 185. The van der Waals surface area contributed by atoms with Crippen molar-refractivity contribution in [3.8, 4) is 0 Å². The van der Waals surface area contributed by atoms with Gasteiger partial charge in [0.2, 0.25) is 76.8 Å². The summed E-state index contributed by atoms with van der Waals surface area (Å²) in [5, 5.41) is 21.1. The van der Waals surface area contributed by atoms with Gasteiger partial charge in [0.15, 0.2) is 5.96 Å². The topological polar surface area (TPSA) is 519 Å². The number of rotatable bonds is 42. The number of carbonyl (C=O) groups excluding carboxylic acids is 13. The summed E-state index contributed by atoms with van der Waals surface area (Å²) in [7, 11) is 0. The highest BCUT2D eigenvalue weighted by atomic mass is 32.2. The van der Waals surface area contributed by atoms with E-state index in [0.29, 0.717) is 55.4 Å². The van der Waals surface area contributed by atoms with Crippen LogP contribution in [0, 0.1) is 5.92 Å². The fraction of sp³-hybridized carbons (Fsp3) is 0.587. The van der Waals surface area contributed by atoms with Gasteiger partial charge in [-0.25, -0.2) is 0 Å². The molecule has 2 aromatic carbocycles. The third-order valence-electron chi connectivity index (χ3n) is 16.0. The number of thioether (sulfide) groups is 1. The summed E-state index contributed by atoms with van der Waals surface area (Å²) in [5.41, 5.74) is 40.6. The average Bonchev–Trinajstić information content (AvgIpc) is 1.74. The van der Waals surface area contributed by atoms with E-state index in [4.69, 9.17) is 40.1 Å². The molecule has 0 aliphatic carbocycles. The molecular formula is C63H98N18O13S. The third kappa shape index (κ3) is 27.5. The lowest BCUT2D eigenvalue weighted by Gasteiger charge is -2.32. The third-order valence-corrected chi connectivity index (χ3v) is 16.7. The molecule has 0 aromatic heterocycles. The maximum atomic E-state index is 14.7. The highest BCUT2D eigenvalue weighted by Crippen LogP contribution is 2.24. The molecule has 2 heterocycles. The number of amides is 13. The predicted molar refractivity (Wildman–Crippen MR) is 356 cm³/mol. The van der Waals surface area contributed by atoms with Crippen LogP contribution in [-0.2, 0) is 75.2 Å². The second-order valence-corrected chi connectivity index (χ2v) is 25.1. The van der Waals surface area contributed by atoms with Crippen LogP contribution in [0.1, 0.15) is 121 Å². The standard InChI is InChI=1S/C63H98N18O13S/c1-37(2)33-45(57(89)74-41(53(68)85)27-32-95-3)73-52(84)36-72-54(86)46(34-38-15-6-4-7-16-38)78-58(90)47(35-39-17-8-5-9-18-39)79-56(88)42(23-25-50(66)82)75-55(87)43(24-26-51(67)83)76-59(91)49-22-14-31-81(49)62(94)44(20-10-11-28-64)77-60(92)48-21-13-30-80(48)61(93)40(65)19-12-29-71-63(69)70/h4-9,15-18,37,40-49H,10-14,19-36,64-65H2,1-3H3,(H2,66,82)(H2,67,83)(H2,68,85)(H,72,86)(H,73,84)(H,74,89)(H,75,87)(H,76,91)(H,77,92)(H,78,90)(H,79,88)(H4,69,70,71)/t40-,41+,42+,43-,44-,45+,46+,47+,48-,49+/m1/s1. The number of benzene rings is 2. The zero-order valence-corrected chi connectivity index (χ0v) is 55.3. The number of primary amides is 3. The van der Waals surface area contributed by atoms with Crippen molar-refractivity contribution in [2.45, 2.75) is 183 Å². The maximum absolute atomic E-state index is 14.7. The lowest BCUT2D eigenvalue weighted by Crippen LogP contribution is -2.60. The molecule has 13 amide bonds. The molecule has 0 spiro atoms. The van der Waals surface area contributed by atoms with Crippen molar-refractivity contribution in [2.24, 2.45) is 51.0 Å². The van der Waals surface area contributed by atoms with E-state index in [9.17, 15) is 62.3 Å². The molecule has 0 saturated carbocycles. The summed E-state index contributed by atoms with van der Waals surface area (Å²) in [6.07, 6.45) is 3.12. The predicted octanol–water partition coefficient (Wildman–Crippen LogP) is -3.71. The lowest BCUT2D eigenvalue weighted by atomic mass is 10.0. The Morgan fingerprint density at radius 3 is 1.51 bits per heavy atom. The number of aliphatic imine (C=N–C) groups is 1. The zero-order chi connectivity index (χ0) is 70.1. The van der Waals surface area contributed by atoms with E-state index in [-0.39, 0.29) is 83.0 Å². The number of hydrogen-bond donors (Lipinski definition) is 15. The van der Waals surface area contributed by atoms with Gasteiger partial charge in [0.05, 0.1) is 12.6 Å². The van der Waals surface area contributed by atoms with Gasteiger partial charge in [-0.15, -0.1) is 0 Å². The van der Waals surface area contributed by atoms with Gasteiger partial charge in [0, 0.05) is 45.3 Å². The number of nitrogens with zero attached hydrogens (tertiary/aromatic N) is 3. The molecular weight excluding hydrogens is 1250 g/mol. The lowest BCUT2D eigenvalue weighted by molar-refractivity contribution is -0.144. The van der Waals surface area contributed by atoms with Crippen LogP contribution in [0.2, 0.25) is 0 Å². The van der Waals surface area contributed by atoms with Crippen LogP contribution in [0.5, 0.6) is 0 Å². The first-order valence-corrected chi connectivity index (χ1v) is 33.6. The summed E-state index contributed by atoms with van der Waals surface area (Å²) in [6.45, 7) is 3.86. The van der Waals surface area contributed by atoms with Gasteiger partial charge in [-0.05, 0) is 119 Å². The van der Waals surface area contributed by atoms with E-state index in [2.05, 4.69) is 47.5 Å². The Kier molecular flexibility index (Phi) is 33.9. The van der Waals surface area contributed by atoms with Crippen LogP contribution < -0.4 is 82.7 Å². The first kappa shape index (κ1) is 78.5. The number of nitrogens with one attached hydrogen (secondary N) is 8. The monoisotopic (exact) mass is 1350 g/mol. The molecule has 2 aliphatic heterocycles.